The lowest BCUT2D eigenvalue weighted by Crippen LogP contribution is -2.41. The van der Waals surface area contributed by atoms with Crippen molar-refractivity contribution in [3.8, 4) is 5.75 Å². The summed E-state index contributed by atoms with van der Waals surface area (Å²) in [6, 6.07) is 5.92. The van der Waals surface area contributed by atoms with Crippen molar-refractivity contribution in [3.05, 3.63) is 24.3 Å². The quantitative estimate of drug-likeness (QED) is 0.364. The number of hydrogen-bond donors (Lipinski definition) is 2. The molecule has 0 bridgehead atoms. The van der Waals surface area contributed by atoms with Crippen LogP contribution in [0.15, 0.2) is 29.2 Å². The average molecular weight is 360 g/mol. The van der Waals surface area contributed by atoms with Gasteiger partial charge in [-0.1, -0.05) is 13.8 Å². The Morgan fingerprint density at radius 3 is 2.38 bits per heavy atom. The first-order chi connectivity index (χ1) is 11.3. The zero-order valence-corrected chi connectivity index (χ0v) is 14.9. The van der Waals surface area contributed by atoms with Gasteiger partial charge in [-0.15, -0.1) is 0 Å². The highest BCUT2D eigenvalue weighted by molar-refractivity contribution is 7.89. The largest absolute Gasteiger partial charge is 0.491 e. The number of ether oxygens (including phenoxy) is 2. The molecule has 1 rings (SSSR count). The van der Waals surface area contributed by atoms with E-state index in [-0.39, 0.29) is 17.4 Å². The predicted octanol–water partition coefficient (Wildman–Crippen LogP) is 0.864. The number of nitrogens with zero attached hydrogens (tertiary/aromatic N) is 1. The van der Waals surface area contributed by atoms with Crippen LogP contribution in [-0.4, -0.2) is 57.3 Å². The fourth-order valence-corrected chi connectivity index (χ4v) is 3.51. The minimum Gasteiger partial charge on any atom is -0.491 e. The van der Waals surface area contributed by atoms with Gasteiger partial charge in [0.1, 0.15) is 12.4 Å². The molecule has 0 saturated heterocycles. The number of carbonyl (C=O) groups excluding carboxylic acids is 1. The normalized spacial score (nSPS) is 11.8. The maximum atomic E-state index is 12.7. The summed E-state index contributed by atoms with van der Waals surface area (Å²) >= 11 is 0. The molecule has 0 atom stereocenters. The Balaban J connectivity index is 2.94. The Hall–Kier alpha value is -1.68. The minimum absolute atomic E-state index is 0.0166. The zero-order chi connectivity index (χ0) is 18.2. The molecule has 0 spiro atoms. The van der Waals surface area contributed by atoms with E-state index in [0.29, 0.717) is 19.0 Å². The third-order valence-electron chi connectivity index (χ3n) is 3.03. The molecule has 8 nitrogen and oxygen atoms in total. The Bertz CT molecular complexity index is 615. The third-order valence-corrected chi connectivity index (χ3v) is 4.86. The van der Waals surface area contributed by atoms with Crippen molar-refractivity contribution in [1.29, 1.82) is 0 Å². The fourth-order valence-electron chi connectivity index (χ4n) is 1.95. The number of rotatable bonds is 10. The summed E-state index contributed by atoms with van der Waals surface area (Å²) in [6.45, 7) is 4.17. The predicted molar refractivity (Wildman–Crippen MR) is 87.3 cm³/mol. The monoisotopic (exact) mass is 360 g/mol. The summed E-state index contributed by atoms with van der Waals surface area (Å²) < 4.78 is 36.7. The topological polar surface area (TPSA) is 105 Å². The molecule has 0 aliphatic carbocycles. The molecule has 9 heteroatoms. The first kappa shape index (κ1) is 20.4. The molecular weight excluding hydrogens is 336 g/mol. The van der Waals surface area contributed by atoms with Crippen LogP contribution in [0.1, 0.15) is 13.8 Å². The molecule has 1 aromatic rings. The molecule has 0 radical (unpaired) electrons. The Morgan fingerprint density at radius 2 is 1.88 bits per heavy atom. The van der Waals surface area contributed by atoms with Gasteiger partial charge in [0.15, 0.2) is 0 Å². The lowest BCUT2D eigenvalue weighted by atomic mass is 10.2. The lowest BCUT2D eigenvalue weighted by Gasteiger charge is -2.23. The van der Waals surface area contributed by atoms with Crippen LogP contribution in [0.2, 0.25) is 0 Å². The molecule has 0 saturated carbocycles. The van der Waals surface area contributed by atoms with Crippen LogP contribution in [0.4, 0.5) is 0 Å². The maximum Gasteiger partial charge on any atom is 0.258 e. The van der Waals surface area contributed by atoms with E-state index in [1.54, 1.807) is 19.2 Å². The molecule has 24 heavy (non-hydrogen) atoms. The van der Waals surface area contributed by atoms with Crippen molar-refractivity contribution >= 4 is 15.9 Å². The maximum absolute atomic E-state index is 12.7. The summed E-state index contributed by atoms with van der Waals surface area (Å²) in [5, 5.41) is 8.65. The molecule has 0 heterocycles. The van der Waals surface area contributed by atoms with Gasteiger partial charge in [-0.25, -0.2) is 13.9 Å². The number of hydroxylamine groups is 1. The molecule has 2 N–H and O–H groups in total. The number of hydrogen-bond acceptors (Lipinski definition) is 6. The minimum atomic E-state index is -3.86. The molecular formula is C15H24N2O6S. The van der Waals surface area contributed by atoms with E-state index < -0.39 is 22.5 Å². The number of sulfonamides is 1. The summed E-state index contributed by atoms with van der Waals surface area (Å²) in [5.41, 5.74) is 1.45. The van der Waals surface area contributed by atoms with Crippen molar-refractivity contribution in [2.75, 3.05) is 33.4 Å². The standard InChI is InChI=1S/C15H24N2O6S/c1-12(2)10-17(11-15(18)16-19)24(20,21)14-6-4-13(5-7-14)23-9-8-22-3/h4-7,12,19H,8-11H2,1-3H3,(H,16,18). The molecule has 136 valence electrons. The van der Waals surface area contributed by atoms with Gasteiger partial charge in [-0.3, -0.25) is 10.0 Å². The zero-order valence-electron chi connectivity index (χ0n) is 14.1. The van der Waals surface area contributed by atoms with E-state index in [0.717, 1.165) is 4.31 Å². The van der Waals surface area contributed by atoms with Gasteiger partial charge in [0, 0.05) is 13.7 Å². The van der Waals surface area contributed by atoms with Gasteiger partial charge in [0.2, 0.25) is 10.0 Å². The third kappa shape index (κ3) is 6.08. The number of methoxy groups -OCH3 is 1. The molecule has 0 aliphatic rings. The van der Waals surface area contributed by atoms with Crippen molar-refractivity contribution in [3.63, 3.8) is 0 Å². The van der Waals surface area contributed by atoms with Crippen LogP contribution < -0.4 is 10.2 Å². The highest BCUT2D eigenvalue weighted by atomic mass is 32.2. The molecule has 0 fully saturated rings. The van der Waals surface area contributed by atoms with Crippen molar-refractivity contribution < 1.29 is 27.9 Å². The van der Waals surface area contributed by atoms with Crippen LogP contribution in [0.25, 0.3) is 0 Å². The number of amides is 1. The number of carbonyl (C=O) groups is 1. The average Bonchev–Trinajstić information content (AvgIpc) is 2.54. The Morgan fingerprint density at radius 1 is 1.25 bits per heavy atom. The Labute approximate surface area is 142 Å². The van der Waals surface area contributed by atoms with Gasteiger partial charge in [0.25, 0.3) is 5.91 Å². The van der Waals surface area contributed by atoms with E-state index in [4.69, 9.17) is 14.7 Å². The van der Waals surface area contributed by atoms with Crippen LogP contribution in [0.5, 0.6) is 5.75 Å². The van der Waals surface area contributed by atoms with Crippen LogP contribution in [-0.2, 0) is 19.6 Å². The van der Waals surface area contributed by atoms with Gasteiger partial charge in [-0.2, -0.15) is 4.31 Å². The summed E-state index contributed by atoms with van der Waals surface area (Å²) in [5.74, 6) is -0.254. The molecule has 0 unspecified atom stereocenters. The molecule has 0 aromatic heterocycles. The highest BCUT2D eigenvalue weighted by Gasteiger charge is 2.27. The van der Waals surface area contributed by atoms with Gasteiger partial charge < -0.3 is 9.47 Å². The SMILES string of the molecule is COCCOc1ccc(S(=O)(=O)N(CC(=O)NO)CC(C)C)cc1. The second-order valence-corrected chi connectivity index (χ2v) is 7.48. The van der Waals surface area contributed by atoms with E-state index in [1.165, 1.54) is 17.6 Å². The first-order valence-electron chi connectivity index (χ1n) is 7.46. The lowest BCUT2D eigenvalue weighted by molar-refractivity contribution is -0.129. The van der Waals surface area contributed by atoms with Crippen molar-refractivity contribution in [1.82, 2.24) is 9.79 Å². The summed E-state index contributed by atoms with van der Waals surface area (Å²) in [6.07, 6.45) is 0. The second kappa shape index (κ2) is 9.58. The Kier molecular flexibility index (Phi) is 8.13. The van der Waals surface area contributed by atoms with Crippen molar-refractivity contribution in [2.24, 2.45) is 5.92 Å². The van der Waals surface area contributed by atoms with E-state index in [2.05, 4.69) is 0 Å². The fraction of sp³-hybridized carbons (Fsp3) is 0.533. The summed E-state index contributed by atoms with van der Waals surface area (Å²) in [4.78, 5) is 11.4. The van der Waals surface area contributed by atoms with Gasteiger partial charge in [-0.05, 0) is 30.2 Å². The molecule has 1 aromatic carbocycles. The number of benzene rings is 1. The van der Waals surface area contributed by atoms with Crippen LogP contribution >= 0.6 is 0 Å². The van der Waals surface area contributed by atoms with Crippen LogP contribution in [0, 0.1) is 5.92 Å². The van der Waals surface area contributed by atoms with E-state index in [9.17, 15) is 13.2 Å². The van der Waals surface area contributed by atoms with Gasteiger partial charge in [0.05, 0.1) is 18.0 Å². The smallest absolute Gasteiger partial charge is 0.258 e. The number of nitrogens with one attached hydrogen (secondary N) is 1. The highest BCUT2D eigenvalue weighted by Crippen LogP contribution is 2.20. The summed E-state index contributed by atoms with van der Waals surface area (Å²) in [7, 11) is -2.30. The van der Waals surface area contributed by atoms with Gasteiger partial charge >= 0.3 is 0 Å². The van der Waals surface area contributed by atoms with Crippen molar-refractivity contribution in [2.45, 2.75) is 18.7 Å². The molecule has 1 amide bonds. The van der Waals surface area contributed by atoms with Crippen LogP contribution in [0.3, 0.4) is 0 Å². The first-order valence-corrected chi connectivity index (χ1v) is 8.90. The second-order valence-electron chi connectivity index (χ2n) is 5.54. The van der Waals surface area contributed by atoms with E-state index in [1.807, 2.05) is 13.8 Å². The van der Waals surface area contributed by atoms with E-state index >= 15 is 0 Å². The molecule has 0 aliphatic heterocycles.